The maximum absolute atomic E-state index is 5.98. The minimum atomic E-state index is -1.63. The molecule has 0 aromatic heterocycles. The third-order valence-corrected chi connectivity index (χ3v) is 3.42. The minimum Gasteiger partial charge on any atom is -0.285 e. The quantitative estimate of drug-likeness (QED) is 0.709. The summed E-state index contributed by atoms with van der Waals surface area (Å²) >= 11 is 0. The van der Waals surface area contributed by atoms with Gasteiger partial charge in [-0.25, -0.2) is 0 Å². The fourth-order valence-corrected chi connectivity index (χ4v) is 2.52. The molecule has 0 heterocycles. The van der Waals surface area contributed by atoms with Crippen molar-refractivity contribution in [3.8, 4) is 0 Å². The third-order valence-electron chi connectivity index (χ3n) is 2.19. The monoisotopic (exact) mass is 203 g/mol. The zero-order chi connectivity index (χ0) is 10.2. The van der Waals surface area contributed by atoms with E-state index in [9.17, 15) is 0 Å². The topological polar surface area (TPSA) is 26.0 Å². The van der Waals surface area contributed by atoms with Gasteiger partial charge >= 0.3 is 0 Å². The fourth-order valence-electron chi connectivity index (χ4n) is 1.55. The first-order valence-electron chi connectivity index (χ1n) is 4.34. The summed E-state index contributed by atoms with van der Waals surface area (Å²) < 4.78 is 0. The molecule has 2 N–H and O–H groups in total. The van der Waals surface area contributed by atoms with Gasteiger partial charge in [-0.3, -0.25) is 5.14 Å². The van der Waals surface area contributed by atoms with Gasteiger partial charge in [0.25, 0.3) is 0 Å². The molecule has 0 saturated heterocycles. The van der Waals surface area contributed by atoms with Crippen LogP contribution >= 0.6 is 9.39 Å². The molecule has 0 saturated carbocycles. The van der Waals surface area contributed by atoms with Crippen molar-refractivity contribution in [2.45, 2.75) is 4.90 Å². The Hall–Kier alpha value is -1.25. The van der Waals surface area contributed by atoms with E-state index in [0.29, 0.717) is 0 Å². The summed E-state index contributed by atoms with van der Waals surface area (Å²) in [5, 5.41) is 8.34. The van der Waals surface area contributed by atoms with E-state index in [1.54, 1.807) is 0 Å². The summed E-state index contributed by atoms with van der Waals surface area (Å²) in [4.78, 5) is 1.07. The number of benzene rings is 2. The Morgan fingerprint density at radius 2 is 1.57 bits per heavy atom. The van der Waals surface area contributed by atoms with Gasteiger partial charge in [-0.2, -0.15) is 0 Å². The minimum absolute atomic E-state index is 1.07. The normalized spacial score (nSPS) is 11.8. The van der Waals surface area contributed by atoms with Crippen molar-refractivity contribution in [2.75, 3.05) is 0 Å². The van der Waals surface area contributed by atoms with Gasteiger partial charge in [0.2, 0.25) is 0 Å². The molecule has 0 radical (unpaired) electrons. The van der Waals surface area contributed by atoms with Crippen LogP contribution in [0, 0.1) is 0 Å². The maximum Gasteiger partial charge on any atom is 0.0163 e. The van der Waals surface area contributed by atoms with E-state index in [4.69, 9.17) is 5.14 Å². The van der Waals surface area contributed by atoms with Crippen LogP contribution in [0.3, 0.4) is 0 Å². The molecule has 2 heteroatoms. The van der Waals surface area contributed by atoms with Crippen LogP contribution in [0.4, 0.5) is 0 Å². The van der Waals surface area contributed by atoms with E-state index >= 15 is 0 Å². The van der Waals surface area contributed by atoms with Gasteiger partial charge in [-0.1, -0.05) is 48.1 Å². The van der Waals surface area contributed by atoms with Crippen LogP contribution in [0.15, 0.2) is 47.4 Å². The predicted octanol–water partition coefficient (Wildman–Crippen LogP) is 2.74. The number of hydrogen-bond donors (Lipinski definition) is 1. The number of rotatable bonds is 1. The Morgan fingerprint density at radius 1 is 0.929 bits per heavy atom. The van der Waals surface area contributed by atoms with E-state index in [1.165, 1.54) is 5.39 Å². The van der Waals surface area contributed by atoms with Crippen LogP contribution in [-0.4, -0.2) is 11.7 Å². The van der Waals surface area contributed by atoms with Gasteiger partial charge in [-0.05, 0) is 16.8 Å². The van der Waals surface area contributed by atoms with Crippen molar-refractivity contribution in [1.29, 1.82) is 0 Å². The first-order chi connectivity index (χ1) is 6.59. The standard InChI is InChI=1S/C12H13NS/c1-14(2,13)12-9-5-7-10-6-3-4-8-11(10)12/h3-9H,1-2,13H2. The van der Waals surface area contributed by atoms with Gasteiger partial charge in [0.15, 0.2) is 0 Å². The Morgan fingerprint density at radius 3 is 2.29 bits per heavy atom. The van der Waals surface area contributed by atoms with E-state index in [1.807, 2.05) is 24.3 Å². The summed E-state index contributed by atoms with van der Waals surface area (Å²) in [6.07, 6.45) is 0. The number of fused-ring (bicyclic) bond motifs is 1. The van der Waals surface area contributed by atoms with Crippen LogP contribution < -0.4 is 5.14 Å². The highest BCUT2D eigenvalue weighted by Gasteiger charge is 2.01. The first kappa shape index (κ1) is 9.31. The van der Waals surface area contributed by atoms with Crippen LogP contribution in [0.25, 0.3) is 10.8 Å². The lowest BCUT2D eigenvalue weighted by molar-refractivity contribution is 1.53. The molecule has 0 aliphatic carbocycles. The van der Waals surface area contributed by atoms with Crippen molar-refractivity contribution in [3.05, 3.63) is 42.5 Å². The van der Waals surface area contributed by atoms with Crippen LogP contribution in [-0.2, 0) is 0 Å². The SMILES string of the molecule is C=S(=C)(N)c1cccc2ccccc12. The predicted molar refractivity (Wildman–Crippen MR) is 68.2 cm³/mol. The van der Waals surface area contributed by atoms with Gasteiger partial charge < -0.3 is 0 Å². The Labute approximate surface area is 84.8 Å². The van der Waals surface area contributed by atoms with Crippen molar-refractivity contribution in [1.82, 2.24) is 0 Å². The number of hydrogen-bond acceptors (Lipinski definition) is 1. The highest BCUT2D eigenvalue weighted by molar-refractivity contribution is 8.26. The van der Waals surface area contributed by atoms with Crippen molar-refractivity contribution < 1.29 is 0 Å². The highest BCUT2D eigenvalue weighted by Crippen LogP contribution is 2.31. The molecule has 0 atom stereocenters. The molecule has 0 amide bonds. The van der Waals surface area contributed by atoms with Crippen LogP contribution in [0.5, 0.6) is 0 Å². The molecular formula is C12H13NS. The Kier molecular flexibility index (Phi) is 2.10. The first-order valence-corrected chi connectivity index (χ1v) is 6.37. The lowest BCUT2D eigenvalue weighted by atomic mass is 10.1. The van der Waals surface area contributed by atoms with Gasteiger partial charge in [0.05, 0.1) is 0 Å². The Balaban J connectivity index is 2.92. The zero-order valence-corrected chi connectivity index (χ0v) is 8.76. The summed E-state index contributed by atoms with van der Waals surface area (Å²) in [7, 11) is -1.63. The molecular weight excluding hydrogens is 190 g/mol. The average Bonchev–Trinajstić information content (AvgIpc) is 2.15. The van der Waals surface area contributed by atoms with Crippen molar-refractivity contribution in [3.63, 3.8) is 0 Å². The van der Waals surface area contributed by atoms with E-state index < -0.39 is 9.39 Å². The molecule has 0 aliphatic rings. The van der Waals surface area contributed by atoms with Gasteiger partial charge in [0.1, 0.15) is 0 Å². The van der Waals surface area contributed by atoms with Gasteiger partial charge in [0, 0.05) is 4.90 Å². The summed E-state index contributed by atoms with van der Waals surface area (Å²) in [6.45, 7) is 0. The highest BCUT2D eigenvalue weighted by atomic mass is 32.2. The molecule has 0 bridgehead atoms. The average molecular weight is 203 g/mol. The second-order valence-corrected chi connectivity index (χ2v) is 5.75. The molecule has 2 rings (SSSR count). The second-order valence-electron chi connectivity index (χ2n) is 3.42. The Bertz CT molecular complexity index is 562. The molecule has 72 valence electrons. The van der Waals surface area contributed by atoms with Crippen LogP contribution in [0.2, 0.25) is 0 Å². The largest absolute Gasteiger partial charge is 0.285 e. The van der Waals surface area contributed by atoms with E-state index in [0.717, 1.165) is 10.3 Å². The molecule has 14 heavy (non-hydrogen) atoms. The molecule has 1 nitrogen and oxygen atoms in total. The molecule has 2 aromatic rings. The fraction of sp³-hybridized carbons (Fsp3) is 0. The van der Waals surface area contributed by atoms with Crippen LogP contribution in [0.1, 0.15) is 0 Å². The molecule has 0 unspecified atom stereocenters. The van der Waals surface area contributed by atoms with Crippen molar-refractivity contribution >= 4 is 31.9 Å². The lowest BCUT2D eigenvalue weighted by Crippen LogP contribution is -1.92. The van der Waals surface area contributed by atoms with E-state index in [2.05, 4.69) is 29.9 Å². The zero-order valence-electron chi connectivity index (χ0n) is 7.94. The van der Waals surface area contributed by atoms with Gasteiger partial charge in [-0.15, -0.1) is 9.39 Å². The molecule has 0 spiro atoms. The second kappa shape index (κ2) is 3.15. The van der Waals surface area contributed by atoms with Crippen molar-refractivity contribution in [2.24, 2.45) is 5.14 Å². The molecule has 0 fully saturated rings. The van der Waals surface area contributed by atoms with E-state index in [-0.39, 0.29) is 0 Å². The maximum atomic E-state index is 5.98. The summed E-state index contributed by atoms with van der Waals surface area (Å²) in [5.41, 5.74) is 0. The third kappa shape index (κ3) is 1.54. The smallest absolute Gasteiger partial charge is 0.0163 e. The molecule has 0 aliphatic heterocycles. The summed E-state index contributed by atoms with van der Waals surface area (Å²) in [5.74, 6) is 7.88. The lowest BCUT2D eigenvalue weighted by Gasteiger charge is -2.11. The summed E-state index contributed by atoms with van der Waals surface area (Å²) in [6, 6.07) is 14.3. The molecule has 2 aromatic carbocycles. The number of nitrogens with two attached hydrogens (primary N) is 1.